The summed E-state index contributed by atoms with van der Waals surface area (Å²) in [5.74, 6) is 0.218. The first-order valence-corrected chi connectivity index (χ1v) is 10.8. The molecule has 4 heteroatoms. The Morgan fingerprint density at radius 1 is 0.800 bits per heavy atom. The predicted molar refractivity (Wildman–Crippen MR) is 108 cm³/mol. The molecule has 0 saturated carbocycles. The number of hydrogen-bond donors (Lipinski definition) is 2. The molecular weight excluding hydrogens is 312 g/mol. The van der Waals surface area contributed by atoms with Gasteiger partial charge in [-0.1, -0.05) is 71.6 Å². The normalized spacial score (nSPS) is 11.2. The fourth-order valence-electron chi connectivity index (χ4n) is 3.09. The highest BCUT2D eigenvalue weighted by atomic mass is 16.2. The summed E-state index contributed by atoms with van der Waals surface area (Å²) in [5.41, 5.74) is 0. The van der Waals surface area contributed by atoms with Crippen LogP contribution < -0.4 is 5.32 Å². The summed E-state index contributed by atoms with van der Waals surface area (Å²) < 4.78 is 0. The molecule has 2 N–H and O–H groups in total. The summed E-state index contributed by atoms with van der Waals surface area (Å²) in [7, 11) is 0. The zero-order chi connectivity index (χ0) is 18.6. The summed E-state index contributed by atoms with van der Waals surface area (Å²) >= 11 is 0. The van der Waals surface area contributed by atoms with E-state index in [1.807, 2.05) is 0 Å². The highest BCUT2D eigenvalue weighted by Crippen LogP contribution is 2.08. The Bertz CT molecular complexity index is 285. The van der Waals surface area contributed by atoms with Gasteiger partial charge in [-0.25, -0.2) is 0 Å². The summed E-state index contributed by atoms with van der Waals surface area (Å²) in [6.45, 7) is 8.69. The molecule has 0 radical (unpaired) electrons. The maximum atomic E-state index is 11.8. The fraction of sp³-hybridized carbons (Fsp3) is 0.952. The van der Waals surface area contributed by atoms with Crippen LogP contribution in [0.25, 0.3) is 0 Å². The summed E-state index contributed by atoms with van der Waals surface area (Å²) in [6.07, 6.45) is 15.2. The van der Waals surface area contributed by atoms with Crippen LogP contribution in [0.4, 0.5) is 0 Å². The standard InChI is InChI=1S/C21H44N2O2/c1-3-5-6-10-13-16-21(25)22-17-19-23(4-2)18-14-11-8-7-9-12-15-20-24/h24H,3-20H2,1-2H3,(H,22,25). The Kier molecular flexibility index (Phi) is 19.2. The number of hydrogen-bond acceptors (Lipinski definition) is 3. The van der Waals surface area contributed by atoms with E-state index in [2.05, 4.69) is 24.1 Å². The molecule has 0 atom stereocenters. The largest absolute Gasteiger partial charge is 0.396 e. The zero-order valence-electron chi connectivity index (χ0n) is 17.0. The minimum Gasteiger partial charge on any atom is -0.396 e. The lowest BCUT2D eigenvalue weighted by molar-refractivity contribution is -0.121. The van der Waals surface area contributed by atoms with Gasteiger partial charge < -0.3 is 15.3 Å². The number of carbonyl (C=O) groups is 1. The molecule has 0 aliphatic rings. The van der Waals surface area contributed by atoms with Crippen LogP contribution in [0.15, 0.2) is 0 Å². The molecule has 0 aliphatic heterocycles. The number of nitrogens with one attached hydrogen (secondary N) is 1. The van der Waals surface area contributed by atoms with E-state index in [-0.39, 0.29) is 5.91 Å². The Morgan fingerprint density at radius 2 is 1.40 bits per heavy atom. The van der Waals surface area contributed by atoms with Crippen molar-refractivity contribution >= 4 is 5.91 Å². The van der Waals surface area contributed by atoms with Gasteiger partial charge in [-0.15, -0.1) is 0 Å². The lowest BCUT2D eigenvalue weighted by Crippen LogP contribution is -2.35. The first kappa shape index (κ1) is 24.4. The molecular formula is C21H44N2O2. The average Bonchev–Trinajstić information content (AvgIpc) is 2.62. The van der Waals surface area contributed by atoms with Gasteiger partial charge in [-0.2, -0.15) is 0 Å². The van der Waals surface area contributed by atoms with Gasteiger partial charge in [0.15, 0.2) is 0 Å². The molecule has 0 saturated heterocycles. The van der Waals surface area contributed by atoms with Crippen LogP contribution in [0, 0.1) is 0 Å². The minimum atomic E-state index is 0.218. The van der Waals surface area contributed by atoms with E-state index in [0.29, 0.717) is 13.0 Å². The van der Waals surface area contributed by atoms with E-state index in [1.54, 1.807) is 0 Å². The third kappa shape index (κ3) is 18.0. The highest BCUT2D eigenvalue weighted by Gasteiger charge is 2.04. The molecule has 0 bridgehead atoms. The van der Waals surface area contributed by atoms with Crippen LogP contribution in [-0.4, -0.2) is 48.7 Å². The maximum Gasteiger partial charge on any atom is 0.220 e. The number of unbranched alkanes of at least 4 members (excludes halogenated alkanes) is 10. The van der Waals surface area contributed by atoms with Crippen molar-refractivity contribution in [3.05, 3.63) is 0 Å². The number of aliphatic hydroxyl groups is 1. The number of aliphatic hydroxyl groups excluding tert-OH is 1. The highest BCUT2D eigenvalue weighted by molar-refractivity contribution is 5.75. The van der Waals surface area contributed by atoms with E-state index in [1.165, 1.54) is 57.8 Å². The van der Waals surface area contributed by atoms with Crippen LogP contribution >= 0.6 is 0 Å². The van der Waals surface area contributed by atoms with Gasteiger partial charge >= 0.3 is 0 Å². The van der Waals surface area contributed by atoms with E-state index in [4.69, 9.17) is 5.11 Å². The maximum absolute atomic E-state index is 11.8. The molecule has 0 spiro atoms. The second-order valence-corrected chi connectivity index (χ2v) is 7.15. The minimum absolute atomic E-state index is 0.218. The second-order valence-electron chi connectivity index (χ2n) is 7.15. The molecule has 4 nitrogen and oxygen atoms in total. The van der Waals surface area contributed by atoms with Crippen LogP contribution in [0.5, 0.6) is 0 Å². The van der Waals surface area contributed by atoms with Crippen molar-refractivity contribution in [2.24, 2.45) is 0 Å². The van der Waals surface area contributed by atoms with Gasteiger partial charge in [-0.05, 0) is 32.4 Å². The Hall–Kier alpha value is -0.610. The Labute approximate surface area is 156 Å². The first-order chi connectivity index (χ1) is 12.2. The van der Waals surface area contributed by atoms with Gasteiger partial charge in [0.25, 0.3) is 0 Å². The van der Waals surface area contributed by atoms with Crippen molar-refractivity contribution in [3.8, 4) is 0 Å². The first-order valence-electron chi connectivity index (χ1n) is 10.8. The molecule has 0 aromatic rings. The van der Waals surface area contributed by atoms with Gasteiger partial charge in [0.05, 0.1) is 0 Å². The molecule has 0 unspecified atom stereocenters. The lowest BCUT2D eigenvalue weighted by atomic mass is 10.1. The molecule has 0 fully saturated rings. The lowest BCUT2D eigenvalue weighted by Gasteiger charge is -2.20. The number of nitrogens with zero attached hydrogens (tertiary/aromatic N) is 1. The molecule has 1 amide bonds. The quantitative estimate of drug-likeness (QED) is 0.335. The van der Waals surface area contributed by atoms with Gasteiger partial charge in [0.1, 0.15) is 0 Å². The summed E-state index contributed by atoms with van der Waals surface area (Å²) in [6, 6.07) is 0. The molecule has 0 aliphatic carbocycles. The van der Waals surface area contributed by atoms with Crippen molar-refractivity contribution in [1.82, 2.24) is 10.2 Å². The molecule has 0 rings (SSSR count). The van der Waals surface area contributed by atoms with Crippen LogP contribution in [0.3, 0.4) is 0 Å². The molecule has 0 aromatic carbocycles. The third-order valence-electron chi connectivity index (χ3n) is 4.84. The number of carbonyl (C=O) groups excluding carboxylic acids is 1. The molecule has 150 valence electrons. The van der Waals surface area contributed by atoms with Crippen molar-refractivity contribution < 1.29 is 9.90 Å². The van der Waals surface area contributed by atoms with Crippen molar-refractivity contribution in [1.29, 1.82) is 0 Å². The predicted octanol–water partition coefficient (Wildman–Crippen LogP) is 4.51. The number of likely N-dealkylation sites (N-methyl/N-ethyl adjacent to an activating group) is 1. The summed E-state index contributed by atoms with van der Waals surface area (Å²) in [5, 5.41) is 11.8. The number of rotatable bonds is 19. The van der Waals surface area contributed by atoms with Gasteiger partial charge in [-0.3, -0.25) is 4.79 Å². The van der Waals surface area contributed by atoms with Gasteiger partial charge in [0, 0.05) is 26.1 Å². The van der Waals surface area contributed by atoms with Crippen molar-refractivity contribution in [2.75, 3.05) is 32.8 Å². The van der Waals surface area contributed by atoms with Crippen LogP contribution in [-0.2, 0) is 4.79 Å². The summed E-state index contributed by atoms with van der Waals surface area (Å²) in [4.78, 5) is 14.2. The van der Waals surface area contributed by atoms with Gasteiger partial charge in [0.2, 0.25) is 5.91 Å². The smallest absolute Gasteiger partial charge is 0.220 e. The topological polar surface area (TPSA) is 52.6 Å². The molecule has 25 heavy (non-hydrogen) atoms. The zero-order valence-corrected chi connectivity index (χ0v) is 17.0. The van der Waals surface area contributed by atoms with Crippen molar-refractivity contribution in [3.63, 3.8) is 0 Å². The van der Waals surface area contributed by atoms with Crippen LogP contribution in [0.1, 0.15) is 97.3 Å². The average molecular weight is 357 g/mol. The Balaban J connectivity index is 3.47. The van der Waals surface area contributed by atoms with E-state index < -0.39 is 0 Å². The monoisotopic (exact) mass is 356 g/mol. The van der Waals surface area contributed by atoms with Crippen molar-refractivity contribution in [2.45, 2.75) is 97.3 Å². The second kappa shape index (κ2) is 19.7. The third-order valence-corrected chi connectivity index (χ3v) is 4.84. The van der Waals surface area contributed by atoms with Crippen LogP contribution in [0.2, 0.25) is 0 Å². The Morgan fingerprint density at radius 3 is 2.04 bits per heavy atom. The fourth-order valence-corrected chi connectivity index (χ4v) is 3.09. The SMILES string of the molecule is CCCCCCCC(=O)NCCN(CC)CCCCCCCCCO. The molecule has 0 heterocycles. The van der Waals surface area contributed by atoms with E-state index in [9.17, 15) is 4.79 Å². The van der Waals surface area contributed by atoms with E-state index >= 15 is 0 Å². The van der Waals surface area contributed by atoms with E-state index in [0.717, 1.165) is 45.4 Å². The number of amides is 1. The molecule has 0 aromatic heterocycles.